The van der Waals surface area contributed by atoms with Crippen LogP contribution in [0.2, 0.25) is 0 Å². The molecule has 2 aromatic carbocycles. The number of benzene rings is 2. The summed E-state index contributed by atoms with van der Waals surface area (Å²) in [6.07, 6.45) is 3.82. The number of amides is 1. The minimum Gasteiger partial charge on any atom is -0.267 e. The second-order valence-corrected chi connectivity index (χ2v) is 5.58. The summed E-state index contributed by atoms with van der Waals surface area (Å²) in [7, 11) is 0. The topological polar surface area (TPSA) is 41.5 Å². The molecule has 0 spiro atoms. The maximum absolute atomic E-state index is 12.0. The van der Waals surface area contributed by atoms with E-state index in [1.54, 1.807) is 6.07 Å². The molecule has 0 saturated carbocycles. The third-order valence-electron chi connectivity index (χ3n) is 2.77. The number of carbonyl (C=O) groups excluding carboxylic acids is 1. The molecule has 1 N–H and O–H groups in total. The molecule has 3 nitrogen and oxygen atoms in total. The summed E-state index contributed by atoms with van der Waals surface area (Å²) < 4.78 is 0.903. The molecule has 0 aliphatic carbocycles. The van der Waals surface area contributed by atoms with Gasteiger partial charge in [0.05, 0.1) is 11.3 Å². The number of rotatable bonds is 4. The summed E-state index contributed by atoms with van der Waals surface area (Å²) in [5.74, 6) is -0.201. The summed E-state index contributed by atoms with van der Waals surface area (Å²) in [4.78, 5) is 12.0. The highest BCUT2D eigenvalue weighted by atomic mass is 127. The zero-order valence-electron chi connectivity index (χ0n) is 11.6. The molecule has 21 heavy (non-hydrogen) atoms. The minimum atomic E-state index is -0.201. The van der Waals surface area contributed by atoms with E-state index in [1.165, 1.54) is 0 Å². The molecule has 0 atom stereocenters. The number of hydrogen-bond donors (Lipinski definition) is 1. The first-order chi connectivity index (χ1) is 10.2. The zero-order chi connectivity index (χ0) is 15.1. The first kappa shape index (κ1) is 15.4. The summed E-state index contributed by atoms with van der Waals surface area (Å²) in [5, 5.41) is 4.08. The average molecular weight is 390 g/mol. The van der Waals surface area contributed by atoms with Crippen molar-refractivity contribution in [2.45, 2.75) is 6.92 Å². The maximum atomic E-state index is 12.0. The van der Waals surface area contributed by atoms with Crippen LogP contribution in [-0.2, 0) is 0 Å². The number of nitrogens with zero attached hydrogens (tertiary/aromatic N) is 1. The Kier molecular flexibility index (Phi) is 5.68. The van der Waals surface area contributed by atoms with Gasteiger partial charge in [0.2, 0.25) is 0 Å². The smallest absolute Gasteiger partial charge is 0.267 e. The van der Waals surface area contributed by atoms with Crippen molar-refractivity contribution >= 4 is 40.3 Å². The fourth-order valence-electron chi connectivity index (χ4n) is 1.66. The Morgan fingerprint density at radius 1 is 1.10 bits per heavy atom. The lowest BCUT2D eigenvalue weighted by atomic mass is 10.2. The molecule has 4 heteroatoms. The molecule has 0 bridgehead atoms. The Morgan fingerprint density at radius 3 is 2.48 bits per heavy atom. The van der Waals surface area contributed by atoms with Gasteiger partial charge in [0.1, 0.15) is 0 Å². The van der Waals surface area contributed by atoms with Crippen LogP contribution in [0, 0.1) is 3.57 Å². The third kappa shape index (κ3) is 4.82. The van der Waals surface area contributed by atoms with Crippen LogP contribution < -0.4 is 5.43 Å². The maximum Gasteiger partial charge on any atom is 0.272 e. The highest BCUT2D eigenvalue weighted by Gasteiger charge is 2.07. The van der Waals surface area contributed by atoms with Crippen molar-refractivity contribution in [1.82, 2.24) is 5.43 Å². The lowest BCUT2D eigenvalue weighted by Crippen LogP contribution is -2.19. The Balaban J connectivity index is 1.99. The summed E-state index contributed by atoms with van der Waals surface area (Å²) in [5.41, 5.74) is 5.02. The van der Waals surface area contributed by atoms with Gasteiger partial charge in [-0.15, -0.1) is 0 Å². The molecule has 0 radical (unpaired) electrons. The Morgan fingerprint density at radius 2 is 1.76 bits per heavy atom. The van der Waals surface area contributed by atoms with Gasteiger partial charge in [-0.3, -0.25) is 4.79 Å². The van der Waals surface area contributed by atoms with Gasteiger partial charge in [-0.25, -0.2) is 5.43 Å². The van der Waals surface area contributed by atoms with Crippen LogP contribution in [0.3, 0.4) is 0 Å². The molecule has 1 amide bonds. The molecular formula is C17H15IN2O. The van der Waals surface area contributed by atoms with Crippen LogP contribution in [0.1, 0.15) is 22.8 Å². The average Bonchev–Trinajstić information content (AvgIpc) is 2.52. The SMILES string of the molecule is CC(/C=C/c1ccccc1)=N\NC(=O)c1ccccc1I. The number of nitrogens with one attached hydrogen (secondary N) is 1. The number of allylic oxidation sites excluding steroid dienone is 1. The molecule has 106 valence electrons. The van der Waals surface area contributed by atoms with Gasteiger partial charge >= 0.3 is 0 Å². The van der Waals surface area contributed by atoms with Gasteiger partial charge in [0.25, 0.3) is 5.91 Å². The van der Waals surface area contributed by atoms with Gasteiger partial charge in [0, 0.05) is 3.57 Å². The van der Waals surface area contributed by atoms with Crippen molar-refractivity contribution in [1.29, 1.82) is 0 Å². The predicted molar refractivity (Wildman–Crippen MR) is 95.2 cm³/mol. The second kappa shape index (κ2) is 7.73. The molecule has 0 aliphatic rings. The van der Waals surface area contributed by atoms with Crippen LogP contribution in [0.4, 0.5) is 0 Å². The lowest BCUT2D eigenvalue weighted by Gasteiger charge is -2.02. The van der Waals surface area contributed by atoms with Crippen LogP contribution >= 0.6 is 22.6 Å². The highest BCUT2D eigenvalue weighted by molar-refractivity contribution is 14.1. The fraction of sp³-hybridized carbons (Fsp3) is 0.0588. The molecular weight excluding hydrogens is 375 g/mol. The van der Waals surface area contributed by atoms with Crippen LogP contribution in [0.25, 0.3) is 6.08 Å². The number of carbonyl (C=O) groups is 1. The first-order valence-corrected chi connectivity index (χ1v) is 7.57. The van der Waals surface area contributed by atoms with E-state index < -0.39 is 0 Å². The zero-order valence-corrected chi connectivity index (χ0v) is 13.7. The molecule has 2 aromatic rings. The van der Waals surface area contributed by atoms with Crippen LogP contribution in [0.15, 0.2) is 65.8 Å². The summed E-state index contributed by atoms with van der Waals surface area (Å²) in [6.45, 7) is 1.84. The van der Waals surface area contributed by atoms with E-state index >= 15 is 0 Å². The van der Waals surface area contributed by atoms with Crippen molar-refractivity contribution in [2.24, 2.45) is 5.10 Å². The van der Waals surface area contributed by atoms with Gasteiger partial charge in [-0.05, 0) is 53.3 Å². The van der Waals surface area contributed by atoms with Gasteiger partial charge in [-0.1, -0.05) is 48.5 Å². The van der Waals surface area contributed by atoms with Gasteiger partial charge in [0.15, 0.2) is 0 Å². The normalized spacial score (nSPS) is 11.6. The first-order valence-electron chi connectivity index (χ1n) is 6.49. The van der Waals surface area contributed by atoms with E-state index in [0.29, 0.717) is 5.56 Å². The van der Waals surface area contributed by atoms with E-state index in [1.807, 2.05) is 67.6 Å². The third-order valence-corrected chi connectivity index (χ3v) is 3.71. The monoisotopic (exact) mass is 390 g/mol. The summed E-state index contributed by atoms with van der Waals surface area (Å²) in [6, 6.07) is 17.3. The van der Waals surface area contributed by atoms with E-state index in [0.717, 1.165) is 14.8 Å². The predicted octanol–water partition coefficient (Wildman–Crippen LogP) is 4.11. The molecule has 0 heterocycles. The minimum absolute atomic E-state index is 0.201. The quantitative estimate of drug-likeness (QED) is 0.477. The fourth-order valence-corrected chi connectivity index (χ4v) is 2.30. The van der Waals surface area contributed by atoms with Gasteiger partial charge < -0.3 is 0 Å². The van der Waals surface area contributed by atoms with Crippen molar-refractivity contribution in [3.63, 3.8) is 0 Å². The largest absolute Gasteiger partial charge is 0.272 e. The Hall–Kier alpha value is -1.95. The number of hydrogen-bond acceptors (Lipinski definition) is 2. The molecule has 0 saturated heterocycles. The standard InChI is InChI=1S/C17H15IN2O/c1-13(11-12-14-7-3-2-4-8-14)19-20-17(21)15-9-5-6-10-16(15)18/h2-12H,1H3,(H,20,21)/b12-11+,19-13+. The van der Waals surface area contributed by atoms with E-state index in [4.69, 9.17) is 0 Å². The highest BCUT2D eigenvalue weighted by Crippen LogP contribution is 2.10. The molecule has 0 aliphatic heterocycles. The molecule has 0 aromatic heterocycles. The van der Waals surface area contributed by atoms with Crippen LogP contribution in [0.5, 0.6) is 0 Å². The summed E-state index contributed by atoms with van der Waals surface area (Å²) >= 11 is 2.13. The number of halogens is 1. The second-order valence-electron chi connectivity index (χ2n) is 4.42. The van der Waals surface area contributed by atoms with Gasteiger partial charge in [-0.2, -0.15) is 5.10 Å². The van der Waals surface area contributed by atoms with Crippen molar-refractivity contribution in [3.8, 4) is 0 Å². The molecule has 0 unspecified atom stereocenters. The van der Waals surface area contributed by atoms with E-state index in [-0.39, 0.29) is 5.91 Å². The number of hydrazone groups is 1. The van der Waals surface area contributed by atoms with E-state index in [2.05, 4.69) is 33.1 Å². The Bertz CT molecular complexity index is 678. The van der Waals surface area contributed by atoms with Crippen LogP contribution in [-0.4, -0.2) is 11.6 Å². The lowest BCUT2D eigenvalue weighted by molar-refractivity contribution is 0.0954. The Labute approximate surface area is 137 Å². The molecule has 2 rings (SSSR count). The van der Waals surface area contributed by atoms with Crippen molar-refractivity contribution in [2.75, 3.05) is 0 Å². The van der Waals surface area contributed by atoms with Crippen molar-refractivity contribution in [3.05, 3.63) is 75.4 Å². The van der Waals surface area contributed by atoms with Crippen molar-refractivity contribution < 1.29 is 4.79 Å². The van der Waals surface area contributed by atoms with E-state index in [9.17, 15) is 4.79 Å². The molecule has 0 fully saturated rings.